The summed E-state index contributed by atoms with van der Waals surface area (Å²) in [7, 11) is 4.99. The smallest absolute Gasteiger partial charge is 0.312 e. The fourth-order valence-corrected chi connectivity index (χ4v) is 7.61. The van der Waals surface area contributed by atoms with Crippen molar-refractivity contribution in [3.05, 3.63) is 16.1 Å². The fourth-order valence-electron chi connectivity index (χ4n) is 6.77. The number of thiazole rings is 1. The summed E-state index contributed by atoms with van der Waals surface area (Å²) in [5.74, 6) is -1.82. The van der Waals surface area contributed by atoms with Gasteiger partial charge in [-0.1, -0.05) is 41.0 Å². The first-order valence-corrected chi connectivity index (χ1v) is 17.2. The number of esters is 2. The molecule has 0 radical (unpaired) electrons. The van der Waals surface area contributed by atoms with E-state index < -0.39 is 29.1 Å². The first-order valence-electron chi connectivity index (χ1n) is 16.3. The van der Waals surface area contributed by atoms with E-state index in [1.54, 1.807) is 17.3 Å². The minimum absolute atomic E-state index is 0.0178. The van der Waals surface area contributed by atoms with E-state index in [4.69, 9.17) is 9.47 Å². The van der Waals surface area contributed by atoms with Crippen LogP contribution < -0.4 is 16.0 Å². The number of amides is 3. The Bertz CT molecular complexity index is 1240. The molecule has 3 fully saturated rings. The van der Waals surface area contributed by atoms with Crippen molar-refractivity contribution >= 4 is 41.0 Å². The highest BCUT2D eigenvalue weighted by Crippen LogP contribution is 2.67. The molecule has 0 unspecified atom stereocenters. The van der Waals surface area contributed by atoms with Gasteiger partial charge in [-0.15, -0.1) is 11.3 Å². The number of hydrogen-bond acceptors (Lipinski definition) is 10. The van der Waals surface area contributed by atoms with E-state index in [1.807, 2.05) is 41.7 Å². The summed E-state index contributed by atoms with van der Waals surface area (Å²) in [4.78, 5) is 70.4. The van der Waals surface area contributed by atoms with Gasteiger partial charge in [-0.25, -0.2) is 4.98 Å². The average molecular weight is 664 g/mol. The van der Waals surface area contributed by atoms with Crippen molar-refractivity contribution in [2.45, 2.75) is 110 Å². The molecule has 12 nitrogen and oxygen atoms in total. The van der Waals surface area contributed by atoms with E-state index in [2.05, 4.69) is 20.9 Å². The van der Waals surface area contributed by atoms with Crippen LogP contribution in [0.15, 0.2) is 5.38 Å². The molecule has 0 spiro atoms. The Hall–Kier alpha value is -3.06. The Morgan fingerprint density at radius 3 is 2.24 bits per heavy atom. The molecular weight excluding hydrogens is 610 g/mol. The largest absolute Gasteiger partial charge is 0.469 e. The lowest BCUT2D eigenvalue weighted by molar-refractivity contribution is -0.199. The molecule has 3 N–H and O–H groups in total. The lowest BCUT2D eigenvalue weighted by atomic mass is 9.39. The first-order chi connectivity index (χ1) is 21.6. The molecule has 46 heavy (non-hydrogen) atoms. The van der Waals surface area contributed by atoms with Crippen LogP contribution in [0.5, 0.6) is 0 Å². The maximum atomic E-state index is 13.9. The zero-order valence-electron chi connectivity index (χ0n) is 28.9. The number of nitrogens with zero attached hydrogens (tertiary/aromatic N) is 2. The van der Waals surface area contributed by atoms with Crippen LogP contribution in [-0.4, -0.2) is 84.9 Å². The van der Waals surface area contributed by atoms with Gasteiger partial charge in [-0.05, 0) is 57.5 Å². The average Bonchev–Trinajstić information content (AvgIpc) is 3.45. The van der Waals surface area contributed by atoms with Crippen LogP contribution in [-0.2, 0) is 28.7 Å². The van der Waals surface area contributed by atoms with Crippen molar-refractivity contribution in [3.63, 3.8) is 0 Å². The van der Waals surface area contributed by atoms with Crippen LogP contribution in [0.25, 0.3) is 0 Å². The molecule has 0 aromatic carbocycles. The number of nitrogens with one attached hydrogen (secondary N) is 3. The second kappa shape index (κ2) is 15.7. The third-order valence-corrected chi connectivity index (χ3v) is 10.4. The molecule has 1 aromatic heterocycles. The van der Waals surface area contributed by atoms with Gasteiger partial charge in [0.15, 0.2) is 6.10 Å². The second-order valence-corrected chi connectivity index (χ2v) is 14.8. The lowest BCUT2D eigenvalue weighted by Gasteiger charge is -2.68. The quantitative estimate of drug-likeness (QED) is 0.158. The van der Waals surface area contributed by atoms with Crippen molar-refractivity contribution in [1.29, 1.82) is 0 Å². The first kappa shape index (κ1) is 37.4. The number of methoxy groups -OCH3 is 1. The predicted octanol–water partition coefficient (Wildman–Crippen LogP) is 3.61. The summed E-state index contributed by atoms with van der Waals surface area (Å²) in [5.41, 5.74) is -0.683. The summed E-state index contributed by atoms with van der Waals surface area (Å²) in [6.07, 6.45) is 3.77. The molecule has 0 saturated heterocycles. The highest BCUT2D eigenvalue weighted by atomic mass is 32.1. The summed E-state index contributed by atoms with van der Waals surface area (Å²) in [6, 6.07) is -1.07. The van der Waals surface area contributed by atoms with Crippen molar-refractivity contribution < 1.29 is 33.4 Å². The molecule has 258 valence electrons. The van der Waals surface area contributed by atoms with Crippen LogP contribution in [0.3, 0.4) is 0 Å². The number of likely N-dealkylation sites (N-methyl/N-ethyl adjacent to an activating group) is 1. The van der Waals surface area contributed by atoms with E-state index in [1.165, 1.54) is 25.4 Å². The maximum absolute atomic E-state index is 13.9. The standard InChI is InChI=1S/C33H53N5O7S/c1-19(2)24(38(8)30(42)26(20(3)4)36-27(40)21(5)12-10-11-13-34-7)14-25(45-22(6)39)29-35-23(15-46-29)28(41)37-33-16-32(17-33,18-33)31(43)44-9/h15,19-21,24-26,34H,10-14,16-18H2,1-9H3,(H,36,40)(H,37,41)/t21-,24-,25-,26+,32?,33?/m1/s1. The molecule has 13 heteroatoms. The monoisotopic (exact) mass is 663 g/mol. The van der Waals surface area contributed by atoms with E-state index in [0.29, 0.717) is 24.3 Å². The van der Waals surface area contributed by atoms with Crippen LogP contribution in [0.2, 0.25) is 0 Å². The van der Waals surface area contributed by atoms with Gasteiger partial charge >= 0.3 is 11.9 Å². The number of aromatic nitrogens is 1. The third-order valence-electron chi connectivity index (χ3n) is 9.43. The number of unbranched alkanes of at least 4 members (excludes halogenated alkanes) is 1. The maximum Gasteiger partial charge on any atom is 0.312 e. The molecule has 2 bridgehead atoms. The molecule has 3 amide bonds. The lowest BCUT2D eigenvalue weighted by Crippen LogP contribution is -2.77. The van der Waals surface area contributed by atoms with Gasteiger partial charge in [0, 0.05) is 43.3 Å². The van der Waals surface area contributed by atoms with Gasteiger partial charge < -0.3 is 30.3 Å². The van der Waals surface area contributed by atoms with Crippen LogP contribution in [0, 0.1) is 23.2 Å². The molecule has 1 heterocycles. The topological polar surface area (TPSA) is 156 Å². The Morgan fingerprint density at radius 1 is 1.04 bits per heavy atom. The molecule has 3 aliphatic rings. The predicted molar refractivity (Wildman–Crippen MR) is 175 cm³/mol. The highest BCUT2D eigenvalue weighted by Gasteiger charge is 2.73. The van der Waals surface area contributed by atoms with Gasteiger partial charge in [-0.2, -0.15) is 0 Å². The highest BCUT2D eigenvalue weighted by molar-refractivity contribution is 7.09. The molecule has 4 atom stereocenters. The van der Waals surface area contributed by atoms with Gasteiger partial charge in [-0.3, -0.25) is 24.0 Å². The Labute approximate surface area is 277 Å². The number of carbonyl (C=O) groups excluding carboxylic acids is 5. The normalized spacial score (nSPS) is 22.5. The van der Waals surface area contributed by atoms with E-state index in [0.717, 1.165) is 25.8 Å². The Morgan fingerprint density at radius 2 is 1.70 bits per heavy atom. The molecule has 1 aromatic rings. The summed E-state index contributed by atoms with van der Waals surface area (Å²) in [5, 5.41) is 11.2. The van der Waals surface area contributed by atoms with Gasteiger partial charge in [0.1, 0.15) is 16.7 Å². The summed E-state index contributed by atoms with van der Waals surface area (Å²) in [6.45, 7) is 11.9. The van der Waals surface area contributed by atoms with Gasteiger partial charge in [0.05, 0.1) is 12.5 Å². The molecule has 4 rings (SSSR count). The van der Waals surface area contributed by atoms with Crippen LogP contribution in [0.4, 0.5) is 0 Å². The zero-order chi connectivity index (χ0) is 34.4. The molecular formula is C33H53N5O7S. The molecule has 0 aliphatic heterocycles. The second-order valence-electron chi connectivity index (χ2n) is 13.9. The number of rotatable bonds is 18. The SMILES string of the molecule is CNCCCC[C@@H](C)C(=O)N[C@H](C(=O)N(C)[C@H](C[C@@H](OC(C)=O)c1nc(C(=O)NC23CC(C(=O)OC)(C2)C3)cs1)C(C)C)C(C)C. The summed E-state index contributed by atoms with van der Waals surface area (Å²) >= 11 is 1.22. The van der Waals surface area contributed by atoms with E-state index >= 15 is 0 Å². The van der Waals surface area contributed by atoms with E-state index in [-0.39, 0.29) is 59.6 Å². The van der Waals surface area contributed by atoms with Gasteiger partial charge in [0.25, 0.3) is 5.91 Å². The molecule has 3 aliphatic carbocycles. The summed E-state index contributed by atoms with van der Waals surface area (Å²) < 4.78 is 10.6. The van der Waals surface area contributed by atoms with E-state index in [9.17, 15) is 24.0 Å². The van der Waals surface area contributed by atoms with Crippen molar-refractivity contribution in [2.24, 2.45) is 23.2 Å². The zero-order valence-corrected chi connectivity index (χ0v) is 29.7. The fraction of sp³-hybridized carbons (Fsp3) is 0.758. The van der Waals surface area contributed by atoms with Crippen molar-refractivity contribution in [3.8, 4) is 0 Å². The Balaban J connectivity index is 1.69. The van der Waals surface area contributed by atoms with Crippen LogP contribution in [0.1, 0.15) is 108 Å². The van der Waals surface area contributed by atoms with Crippen LogP contribution >= 0.6 is 11.3 Å². The minimum atomic E-state index is -0.783. The van der Waals surface area contributed by atoms with Gasteiger partial charge in [0.2, 0.25) is 11.8 Å². The minimum Gasteiger partial charge on any atom is -0.469 e. The Kier molecular flexibility index (Phi) is 12.8. The van der Waals surface area contributed by atoms with Crippen molar-refractivity contribution in [2.75, 3.05) is 27.7 Å². The molecule has 3 saturated carbocycles. The number of carbonyl (C=O) groups is 5. The number of hydrogen-bond donors (Lipinski definition) is 3. The third kappa shape index (κ3) is 8.64. The van der Waals surface area contributed by atoms with Crippen molar-refractivity contribution in [1.82, 2.24) is 25.8 Å². The number of ether oxygens (including phenoxy) is 2.